The molecule has 0 saturated carbocycles. The van der Waals surface area contributed by atoms with Gasteiger partial charge in [-0.05, 0) is 38.1 Å². The Kier molecular flexibility index (Phi) is 5.02. The highest BCUT2D eigenvalue weighted by Crippen LogP contribution is 2.26. The number of hydrogen-bond donors (Lipinski definition) is 1. The zero-order valence-electron chi connectivity index (χ0n) is 14.9. The summed E-state index contributed by atoms with van der Waals surface area (Å²) >= 11 is 5.99. The van der Waals surface area contributed by atoms with E-state index < -0.39 is 5.60 Å². The lowest BCUT2D eigenvalue weighted by molar-refractivity contribution is -0.131. The van der Waals surface area contributed by atoms with Gasteiger partial charge in [-0.1, -0.05) is 16.8 Å². The van der Waals surface area contributed by atoms with Crippen molar-refractivity contribution >= 4 is 23.6 Å². The maximum absolute atomic E-state index is 12.3. The van der Waals surface area contributed by atoms with E-state index in [4.69, 9.17) is 16.3 Å². The molecule has 1 amide bonds. The van der Waals surface area contributed by atoms with E-state index in [1.165, 1.54) is 6.08 Å². The van der Waals surface area contributed by atoms with Crippen LogP contribution in [0.2, 0.25) is 5.02 Å². The molecular weight excluding hydrogens is 356 g/mol. The fourth-order valence-electron chi connectivity index (χ4n) is 2.64. The predicted molar refractivity (Wildman–Crippen MR) is 97.9 cm³/mol. The van der Waals surface area contributed by atoms with Gasteiger partial charge in [-0.2, -0.15) is 0 Å². The Morgan fingerprint density at radius 2 is 2.15 bits per heavy atom. The summed E-state index contributed by atoms with van der Waals surface area (Å²) in [5.74, 6) is 0.563. The molecule has 0 unspecified atom stereocenters. The first-order chi connectivity index (χ1) is 12.3. The van der Waals surface area contributed by atoms with Gasteiger partial charge >= 0.3 is 0 Å². The maximum Gasteiger partial charge on any atom is 0.246 e. The first-order valence-corrected chi connectivity index (χ1v) is 8.61. The number of carbonyl (C=O) groups excluding carboxylic acids is 1. The van der Waals surface area contributed by atoms with Crippen LogP contribution in [-0.4, -0.2) is 51.1 Å². The quantitative estimate of drug-likeness (QED) is 0.809. The molecule has 0 spiro atoms. The van der Waals surface area contributed by atoms with E-state index in [2.05, 4.69) is 10.3 Å². The van der Waals surface area contributed by atoms with Crippen LogP contribution in [0.1, 0.15) is 31.1 Å². The standard InChI is InChI=1S/C18H21ClN4O3/c1-18(2,25)16-11-23(21-20-16)14-9-22(10-14)17(24)7-4-12-8-13(19)5-6-15(12)26-3/h4-8,11,14,25H,9-10H2,1-3H3/b7-4+. The average Bonchev–Trinajstić information content (AvgIpc) is 3.01. The monoisotopic (exact) mass is 376 g/mol. The second-order valence-electron chi connectivity index (χ2n) is 6.76. The molecule has 1 aliphatic heterocycles. The normalized spacial score (nSPS) is 15.3. The van der Waals surface area contributed by atoms with Crippen molar-refractivity contribution in [1.29, 1.82) is 0 Å². The zero-order valence-corrected chi connectivity index (χ0v) is 15.6. The van der Waals surface area contributed by atoms with Gasteiger partial charge in [0.25, 0.3) is 0 Å². The summed E-state index contributed by atoms with van der Waals surface area (Å²) in [6.45, 7) is 4.41. The Morgan fingerprint density at radius 3 is 2.77 bits per heavy atom. The summed E-state index contributed by atoms with van der Waals surface area (Å²) < 4.78 is 6.96. The van der Waals surface area contributed by atoms with Crippen molar-refractivity contribution < 1.29 is 14.6 Å². The van der Waals surface area contributed by atoms with Crippen LogP contribution in [0.4, 0.5) is 0 Å². The molecule has 2 aromatic rings. The highest BCUT2D eigenvalue weighted by molar-refractivity contribution is 6.30. The predicted octanol–water partition coefficient (Wildman–Crippen LogP) is 2.26. The average molecular weight is 377 g/mol. The molecule has 2 heterocycles. The summed E-state index contributed by atoms with van der Waals surface area (Å²) in [5, 5.41) is 18.6. The number of benzene rings is 1. The molecule has 26 heavy (non-hydrogen) atoms. The summed E-state index contributed by atoms with van der Waals surface area (Å²) in [6.07, 6.45) is 4.93. The van der Waals surface area contributed by atoms with Gasteiger partial charge in [0.1, 0.15) is 17.0 Å². The fourth-order valence-corrected chi connectivity index (χ4v) is 2.82. The fraction of sp³-hybridized carbons (Fsp3) is 0.389. The van der Waals surface area contributed by atoms with Gasteiger partial charge in [0.05, 0.1) is 19.3 Å². The number of methoxy groups -OCH3 is 1. The van der Waals surface area contributed by atoms with Crippen LogP contribution < -0.4 is 4.74 Å². The van der Waals surface area contributed by atoms with E-state index in [-0.39, 0.29) is 11.9 Å². The van der Waals surface area contributed by atoms with Gasteiger partial charge in [-0.15, -0.1) is 5.10 Å². The van der Waals surface area contributed by atoms with Gasteiger partial charge in [0.2, 0.25) is 5.91 Å². The smallest absolute Gasteiger partial charge is 0.246 e. The van der Waals surface area contributed by atoms with Crippen LogP contribution in [0.25, 0.3) is 6.08 Å². The van der Waals surface area contributed by atoms with Crippen LogP contribution in [0, 0.1) is 0 Å². The molecule has 0 bridgehead atoms. The number of nitrogens with zero attached hydrogens (tertiary/aromatic N) is 4. The minimum absolute atomic E-state index is 0.0663. The van der Waals surface area contributed by atoms with Crippen LogP contribution in [-0.2, 0) is 10.4 Å². The van der Waals surface area contributed by atoms with Crippen molar-refractivity contribution in [3.8, 4) is 5.75 Å². The lowest BCUT2D eigenvalue weighted by Crippen LogP contribution is -2.50. The summed E-state index contributed by atoms with van der Waals surface area (Å²) in [4.78, 5) is 14.0. The van der Waals surface area contributed by atoms with Crippen molar-refractivity contribution in [2.24, 2.45) is 0 Å². The Bertz CT molecular complexity index is 835. The highest BCUT2D eigenvalue weighted by atomic mass is 35.5. The van der Waals surface area contributed by atoms with Gasteiger partial charge in [-0.25, -0.2) is 4.68 Å². The molecule has 3 rings (SSSR count). The number of aliphatic hydroxyl groups is 1. The Labute approximate surface area is 156 Å². The summed E-state index contributed by atoms with van der Waals surface area (Å²) in [7, 11) is 1.57. The topological polar surface area (TPSA) is 80.5 Å². The zero-order chi connectivity index (χ0) is 18.9. The Hall–Kier alpha value is -2.38. The molecule has 0 atom stereocenters. The number of halogens is 1. The van der Waals surface area contributed by atoms with Crippen LogP contribution in [0.5, 0.6) is 5.75 Å². The molecule has 7 nitrogen and oxygen atoms in total. The molecule has 1 saturated heterocycles. The number of aromatic nitrogens is 3. The number of carbonyl (C=O) groups is 1. The molecule has 1 aromatic carbocycles. The van der Waals surface area contributed by atoms with E-state index in [0.29, 0.717) is 29.6 Å². The van der Waals surface area contributed by atoms with E-state index in [0.717, 1.165) is 5.56 Å². The van der Waals surface area contributed by atoms with Crippen molar-refractivity contribution in [3.63, 3.8) is 0 Å². The third kappa shape index (κ3) is 3.89. The molecule has 0 aliphatic carbocycles. The van der Waals surface area contributed by atoms with Crippen LogP contribution in [0.3, 0.4) is 0 Å². The molecule has 1 N–H and O–H groups in total. The van der Waals surface area contributed by atoms with Gasteiger partial charge in [-0.3, -0.25) is 4.79 Å². The largest absolute Gasteiger partial charge is 0.496 e. The third-order valence-corrected chi connectivity index (χ3v) is 4.52. The maximum atomic E-state index is 12.3. The van der Waals surface area contributed by atoms with E-state index in [1.54, 1.807) is 61.0 Å². The molecule has 8 heteroatoms. The van der Waals surface area contributed by atoms with E-state index >= 15 is 0 Å². The van der Waals surface area contributed by atoms with Gasteiger partial charge in [0, 0.05) is 29.8 Å². The van der Waals surface area contributed by atoms with E-state index in [9.17, 15) is 9.90 Å². The lowest BCUT2D eigenvalue weighted by Gasteiger charge is -2.38. The van der Waals surface area contributed by atoms with Crippen molar-refractivity contribution in [2.45, 2.75) is 25.5 Å². The van der Waals surface area contributed by atoms with Crippen molar-refractivity contribution in [2.75, 3.05) is 20.2 Å². The van der Waals surface area contributed by atoms with Crippen LogP contribution >= 0.6 is 11.6 Å². The molecule has 1 aliphatic rings. The number of ether oxygens (including phenoxy) is 1. The molecular formula is C18H21ClN4O3. The van der Waals surface area contributed by atoms with Crippen molar-refractivity contribution in [1.82, 2.24) is 19.9 Å². The lowest BCUT2D eigenvalue weighted by atomic mass is 10.1. The molecule has 138 valence electrons. The Morgan fingerprint density at radius 1 is 1.42 bits per heavy atom. The second-order valence-corrected chi connectivity index (χ2v) is 7.20. The van der Waals surface area contributed by atoms with Crippen LogP contribution in [0.15, 0.2) is 30.5 Å². The third-order valence-electron chi connectivity index (χ3n) is 4.28. The first kappa shape index (κ1) is 18.4. The SMILES string of the molecule is COc1ccc(Cl)cc1/C=C/C(=O)N1CC(n2cc(C(C)(C)O)nn2)C1. The number of amides is 1. The second kappa shape index (κ2) is 7.09. The van der Waals surface area contributed by atoms with Gasteiger partial charge < -0.3 is 14.7 Å². The number of hydrogen-bond acceptors (Lipinski definition) is 5. The minimum Gasteiger partial charge on any atom is -0.496 e. The first-order valence-electron chi connectivity index (χ1n) is 8.23. The molecule has 1 aromatic heterocycles. The molecule has 1 fully saturated rings. The summed E-state index contributed by atoms with van der Waals surface area (Å²) in [6, 6.07) is 5.31. The Balaban J connectivity index is 1.60. The molecule has 0 radical (unpaired) electrons. The highest BCUT2D eigenvalue weighted by Gasteiger charge is 2.32. The van der Waals surface area contributed by atoms with E-state index in [1.807, 2.05) is 0 Å². The summed E-state index contributed by atoms with van der Waals surface area (Å²) in [5.41, 5.74) is 0.225. The minimum atomic E-state index is -1.03. The van der Waals surface area contributed by atoms with Crippen molar-refractivity contribution in [3.05, 3.63) is 46.8 Å². The number of likely N-dealkylation sites (tertiary alicyclic amines) is 1. The van der Waals surface area contributed by atoms with Gasteiger partial charge in [0.15, 0.2) is 0 Å². The number of rotatable bonds is 5.